The number of hydrogen-bond acceptors (Lipinski definition) is 3. The first-order valence-corrected chi connectivity index (χ1v) is 7.26. The Hall–Kier alpha value is -2.62. The van der Waals surface area contributed by atoms with E-state index in [2.05, 4.69) is 0 Å². The van der Waals surface area contributed by atoms with Crippen LogP contribution in [0.3, 0.4) is 0 Å². The van der Waals surface area contributed by atoms with Crippen molar-refractivity contribution >= 4 is 12.5 Å². The van der Waals surface area contributed by atoms with E-state index in [0.717, 1.165) is 16.9 Å². The molecule has 2 aromatic carbocycles. The third kappa shape index (κ3) is 5.05. The Balaban J connectivity index is 1.75. The molecule has 0 spiro atoms. The van der Waals surface area contributed by atoms with E-state index in [0.29, 0.717) is 19.4 Å². The van der Waals surface area contributed by atoms with Crippen LogP contribution in [0.5, 0.6) is 0 Å². The Morgan fingerprint density at radius 2 is 1.55 bits per heavy atom. The Morgan fingerprint density at radius 3 is 2.14 bits per heavy atom. The highest BCUT2D eigenvalue weighted by atomic mass is 16.6. The lowest BCUT2D eigenvalue weighted by Crippen LogP contribution is -2.31. The van der Waals surface area contributed by atoms with Crippen molar-refractivity contribution in [3.05, 3.63) is 71.8 Å². The molecule has 4 heteroatoms. The van der Waals surface area contributed by atoms with Gasteiger partial charge in [-0.15, -0.1) is 0 Å². The van der Waals surface area contributed by atoms with Crippen LogP contribution in [0, 0.1) is 0 Å². The van der Waals surface area contributed by atoms with E-state index >= 15 is 0 Å². The number of benzene rings is 2. The standard InChI is InChI=1S/C18H19NO3/c20-15-19(13-7-12-16-8-3-1-4-9-16)18(21)22-14-17-10-5-2-6-11-17/h1-6,8-11,15H,7,12-14H2. The molecule has 0 radical (unpaired) electrons. The predicted molar refractivity (Wildman–Crippen MR) is 84.2 cm³/mol. The fourth-order valence-electron chi connectivity index (χ4n) is 2.09. The van der Waals surface area contributed by atoms with Crippen molar-refractivity contribution in [2.75, 3.05) is 6.54 Å². The number of imide groups is 1. The number of nitrogens with zero attached hydrogens (tertiary/aromatic N) is 1. The fourth-order valence-corrected chi connectivity index (χ4v) is 2.09. The topological polar surface area (TPSA) is 46.6 Å². The van der Waals surface area contributed by atoms with Gasteiger partial charge in [0, 0.05) is 6.54 Å². The molecule has 0 aliphatic carbocycles. The van der Waals surface area contributed by atoms with Gasteiger partial charge in [0.05, 0.1) is 0 Å². The summed E-state index contributed by atoms with van der Waals surface area (Å²) in [4.78, 5) is 24.0. The molecule has 0 aliphatic heterocycles. The number of aryl methyl sites for hydroxylation is 1. The van der Waals surface area contributed by atoms with E-state index in [1.807, 2.05) is 60.7 Å². The van der Waals surface area contributed by atoms with Crippen molar-refractivity contribution in [3.8, 4) is 0 Å². The molecular formula is C18H19NO3. The summed E-state index contributed by atoms with van der Waals surface area (Å²) < 4.78 is 5.14. The van der Waals surface area contributed by atoms with Crippen molar-refractivity contribution in [3.63, 3.8) is 0 Å². The van der Waals surface area contributed by atoms with Gasteiger partial charge in [0.1, 0.15) is 6.61 Å². The zero-order valence-electron chi connectivity index (χ0n) is 12.4. The molecule has 0 N–H and O–H groups in total. The maximum Gasteiger partial charge on any atom is 0.416 e. The van der Waals surface area contributed by atoms with Crippen LogP contribution in [0.15, 0.2) is 60.7 Å². The minimum atomic E-state index is -0.605. The highest BCUT2D eigenvalue weighted by Gasteiger charge is 2.13. The van der Waals surface area contributed by atoms with Gasteiger partial charge >= 0.3 is 6.09 Å². The van der Waals surface area contributed by atoms with Crippen LogP contribution in [0.4, 0.5) is 4.79 Å². The van der Waals surface area contributed by atoms with Crippen molar-refractivity contribution in [1.82, 2.24) is 4.90 Å². The molecule has 114 valence electrons. The molecule has 0 heterocycles. The van der Waals surface area contributed by atoms with Gasteiger partial charge in [0.25, 0.3) is 0 Å². The molecule has 0 atom stereocenters. The normalized spacial score (nSPS) is 10.0. The SMILES string of the molecule is O=CN(CCCc1ccccc1)C(=O)OCc1ccccc1. The maximum atomic E-state index is 11.9. The summed E-state index contributed by atoms with van der Waals surface area (Å²) in [5.74, 6) is 0. The number of carbonyl (C=O) groups is 2. The van der Waals surface area contributed by atoms with Gasteiger partial charge in [-0.05, 0) is 24.0 Å². The first-order valence-electron chi connectivity index (χ1n) is 7.26. The van der Waals surface area contributed by atoms with E-state index in [1.54, 1.807) is 0 Å². The average Bonchev–Trinajstić information content (AvgIpc) is 2.58. The fraction of sp³-hybridized carbons (Fsp3) is 0.222. The van der Waals surface area contributed by atoms with Crippen molar-refractivity contribution in [1.29, 1.82) is 0 Å². The molecule has 0 bridgehead atoms. The average molecular weight is 297 g/mol. The Labute approximate surface area is 130 Å². The third-order valence-corrected chi connectivity index (χ3v) is 3.27. The van der Waals surface area contributed by atoms with Gasteiger partial charge < -0.3 is 4.74 Å². The van der Waals surface area contributed by atoms with E-state index in [-0.39, 0.29) is 6.61 Å². The lowest BCUT2D eigenvalue weighted by molar-refractivity contribution is -0.116. The number of rotatable bonds is 7. The number of carbonyl (C=O) groups excluding carboxylic acids is 2. The monoisotopic (exact) mass is 297 g/mol. The number of amides is 2. The van der Waals surface area contributed by atoms with E-state index in [4.69, 9.17) is 4.74 Å². The molecule has 0 fully saturated rings. The molecule has 0 saturated carbocycles. The minimum absolute atomic E-state index is 0.169. The second-order valence-electron chi connectivity index (χ2n) is 4.93. The van der Waals surface area contributed by atoms with Crippen LogP contribution >= 0.6 is 0 Å². The minimum Gasteiger partial charge on any atom is -0.444 e. The molecule has 0 aliphatic rings. The number of hydrogen-bond donors (Lipinski definition) is 0. The molecule has 0 saturated heterocycles. The summed E-state index contributed by atoms with van der Waals surface area (Å²) >= 11 is 0. The molecule has 2 amide bonds. The molecule has 2 aromatic rings. The quantitative estimate of drug-likeness (QED) is 0.736. The van der Waals surface area contributed by atoms with Gasteiger partial charge in [-0.3, -0.25) is 9.69 Å². The van der Waals surface area contributed by atoms with Gasteiger partial charge in [0.15, 0.2) is 0 Å². The van der Waals surface area contributed by atoms with E-state index in [9.17, 15) is 9.59 Å². The first-order chi connectivity index (χ1) is 10.8. The highest BCUT2D eigenvalue weighted by Crippen LogP contribution is 2.05. The molecule has 22 heavy (non-hydrogen) atoms. The predicted octanol–water partition coefficient (Wildman–Crippen LogP) is 3.41. The smallest absolute Gasteiger partial charge is 0.416 e. The lowest BCUT2D eigenvalue weighted by atomic mass is 10.1. The second kappa shape index (κ2) is 8.62. The van der Waals surface area contributed by atoms with Crippen molar-refractivity contribution in [2.45, 2.75) is 19.4 Å². The highest BCUT2D eigenvalue weighted by molar-refractivity contribution is 5.80. The van der Waals surface area contributed by atoms with Crippen LogP contribution in [0.25, 0.3) is 0 Å². The zero-order valence-corrected chi connectivity index (χ0v) is 12.4. The van der Waals surface area contributed by atoms with Crippen LogP contribution < -0.4 is 0 Å². The summed E-state index contributed by atoms with van der Waals surface area (Å²) in [6.07, 6.45) is 1.45. The first kappa shape index (κ1) is 15.8. The van der Waals surface area contributed by atoms with Crippen molar-refractivity contribution < 1.29 is 14.3 Å². The van der Waals surface area contributed by atoms with Gasteiger partial charge in [-0.25, -0.2) is 4.79 Å². The Kier molecular flexibility index (Phi) is 6.18. The summed E-state index contributed by atoms with van der Waals surface area (Å²) in [7, 11) is 0. The summed E-state index contributed by atoms with van der Waals surface area (Å²) in [6, 6.07) is 19.3. The van der Waals surface area contributed by atoms with Crippen LogP contribution in [-0.2, 0) is 22.6 Å². The summed E-state index contributed by atoms with van der Waals surface area (Å²) in [5, 5.41) is 0. The largest absolute Gasteiger partial charge is 0.444 e. The van der Waals surface area contributed by atoms with E-state index < -0.39 is 6.09 Å². The lowest BCUT2D eigenvalue weighted by Gasteiger charge is -2.15. The summed E-state index contributed by atoms with van der Waals surface area (Å²) in [5.41, 5.74) is 2.08. The number of ether oxygens (including phenoxy) is 1. The molecule has 0 unspecified atom stereocenters. The second-order valence-corrected chi connectivity index (χ2v) is 4.93. The zero-order chi connectivity index (χ0) is 15.6. The van der Waals surface area contributed by atoms with E-state index in [1.165, 1.54) is 5.56 Å². The maximum absolute atomic E-state index is 11.9. The van der Waals surface area contributed by atoms with Gasteiger partial charge in [-0.2, -0.15) is 0 Å². The molecule has 4 nitrogen and oxygen atoms in total. The van der Waals surface area contributed by atoms with Crippen LogP contribution in [-0.4, -0.2) is 23.9 Å². The third-order valence-electron chi connectivity index (χ3n) is 3.27. The van der Waals surface area contributed by atoms with Crippen LogP contribution in [0.2, 0.25) is 0 Å². The molecule has 2 rings (SSSR count). The molecular weight excluding hydrogens is 278 g/mol. The summed E-state index contributed by atoms with van der Waals surface area (Å²) in [6.45, 7) is 0.523. The van der Waals surface area contributed by atoms with Gasteiger partial charge in [0.2, 0.25) is 6.41 Å². The van der Waals surface area contributed by atoms with Gasteiger partial charge in [-0.1, -0.05) is 60.7 Å². The van der Waals surface area contributed by atoms with Crippen LogP contribution in [0.1, 0.15) is 17.5 Å². The van der Waals surface area contributed by atoms with Crippen molar-refractivity contribution in [2.24, 2.45) is 0 Å². The Morgan fingerprint density at radius 1 is 0.955 bits per heavy atom. The Bertz CT molecular complexity index is 584. The molecule has 0 aromatic heterocycles.